The highest BCUT2D eigenvalue weighted by Crippen LogP contribution is 2.27. The lowest BCUT2D eigenvalue weighted by Crippen LogP contribution is -2.26. The van der Waals surface area contributed by atoms with E-state index >= 15 is 0 Å². The van der Waals surface area contributed by atoms with Gasteiger partial charge < -0.3 is 9.47 Å². The number of rotatable bonds is 3. The maximum absolute atomic E-state index is 11.0. The first kappa shape index (κ1) is 12.9. The van der Waals surface area contributed by atoms with Crippen molar-refractivity contribution in [1.29, 1.82) is 0 Å². The smallest absolute Gasteiger partial charge is 0.303 e. The molecule has 0 N–H and O–H groups in total. The Labute approximate surface area is 97.5 Å². The number of carbonyl (C=O) groups is 1. The minimum Gasteiger partial charge on any atom is -0.449 e. The summed E-state index contributed by atoms with van der Waals surface area (Å²) in [6.45, 7) is 3.87. The zero-order chi connectivity index (χ0) is 11.8. The molecule has 1 rings (SSSR count). The first-order valence-corrected chi connectivity index (χ1v) is 6.03. The van der Waals surface area contributed by atoms with E-state index in [1.807, 2.05) is 6.92 Å². The van der Waals surface area contributed by atoms with Gasteiger partial charge in [0.25, 0.3) is 0 Å². The van der Waals surface area contributed by atoms with Crippen LogP contribution in [0.4, 0.5) is 0 Å². The molecule has 0 aliphatic heterocycles. The molecule has 0 aromatic rings. The number of esters is 1. The molecule has 0 aromatic carbocycles. The van der Waals surface area contributed by atoms with Gasteiger partial charge in [-0.25, -0.2) is 0 Å². The van der Waals surface area contributed by atoms with Crippen LogP contribution in [0.15, 0.2) is 0 Å². The largest absolute Gasteiger partial charge is 0.449 e. The van der Waals surface area contributed by atoms with Crippen molar-refractivity contribution in [1.82, 2.24) is 0 Å². The molecule has 0 saturated heterocycles. The summed E-state index contributed by atoms with van der Waals surface area (Å²) in [4.78, 5) is 11.0. The van der Waals surface area contributed by atoms with Gasteiger partial charge in [-0.3, -0.25) is 4.79 Å². The van der Waals surface area contributed by atoms with Gasteiger partial charge >= 0.3 is 5.97 Å². The number of hydrogen-bond donors (Lipinski definition) is 0. The summed E-state index contributed by atoms with van der Waals surface area (Å²) < 4.78 is 10.2. The minimum absolute atomic E-state index is 0.263. The number of carbonyl (C=O) groups excluding carboxylic acids is 1. The summed E-state index contributed by atoms with van der Waals surface area (Å²) in [5, 5.41) is 0. The molecule has 1 aliphatic rings. The van der Waals surface area contributed by atoms with Gasteiger partial charge in [-0.05, 0) is 25.7 Å². The van der Waals surface area contributed by atoms with Gasteiger partial charge in [-0.1, -0.05) is 19.3 Å². The van der Waals surface area contributed by atoms with Crippen molar-refractivity contribution in [2.24, 2.45) is 5.92 Å². The summed E-state index contributed by atoms with van der Waals surface area (Å²) in [5.41, 5.74) is 0. The van der Waals surface area contributed by atoms with Crippen LogP contribution in [0.2, 0.25) is 0 Å². The molecule has 0 bridgehead atoms. The standard InChI is InChI=1S/C13H20O3/c1-3-15-10-9-13(16-11(2)14)12-7-5-4-6-8-12/h12-13H,3-8H2,1-2H3. The van der Waals surface area contributed by atoms with Crippen LogP contribution in [0.1, 0.15) is 46.0 Å². The van der Waals surface area contributed by atoms with Crippen LogP contribution < -0.4 is 0 Å². The van der Waals surface area contributed by atoms with E-state index in [4.69, 9.17) is 9.47 Å². The Hall–Kier alpha value is -1.17. The Kier molecular flexibility index (Phi) is 5.77. The van der Waals surface area contributed by atoms with Crippen LogP contribution in [-0.4, -0.2) is 18.7 Å². The number of ether oxygens (including phenoxy) is 2. The van der Waals surface area contributed by atoms with E-state index in [2.05, 4.69) is 12.0 Å². The summed E-state index contributed by atoms with van der Waals surface area (Å²) in [7, 11) is 0. The fourth-order valence-electron chi connectivity index (χ4n) is 2.03. The fourth-order valence-corrected chi connectivity index (χ4v) is 2.03. The third-order valence-electron chi connectivity index (χ3n) is 2.79. The summed E-state index contributed by atoms with van der Waals surface area (Å²) in [5.74, 6) is 3.02. The highest BCUT2D eigenvalue weighted by atomic mass is 16.5. The third kappa shape index (κ3) is 4.57. The quantitative estimate of drug-likeness (QED) is 0.546. The Morgan fingerprint density at radius 2 is 2.06 bits per heavy atom. The van der Waals surface area contributed by atoms with Crippen molar-refractivity contribution in [3.05, 3.63) is 0 Å². The third-order valence-corrected chi connectivity index (χ3v) is 2.79. The van der Waals surface area contributed by atoms with Gasteiger partial charge in [0.2, 0.25) is 0 Å². The van der Waals surface area contributed by atoms with Crippen LogP contribution in [0, 0.1) is 17.9 Å². The van der Waals surface area contributed by atoms with E-state index in [0.717, 1.165) is 12.8 Å². The van der Waals surface area contributed by atoms with Crippen LogP contribution in [0.3, 0.4) is 0 Å². The minimum atomic E-state index is -0.288. The molecule has 90 valence electrons. The van der Waals surface area contributed by atoms with Gasteiger partial charge in [0.1, 0.15) is 6.11 Å². The Morgan fingerprint density at radius 1 is 1.38 bits per heavy atom. The summed E-state index contributed by atoms with van der Waals surface area (Å²) >= 11 is 0. The van der Waals surface area contributed by atoms with E-state index in [1.54, 1.807) is 0 Å². The normalized spacial score (nSPS) is 18.1. The first-order valence-electron chi connectivity index (χ1n) is 6.03. The van der Waals surface area contributed by atoms with Crippen LogP contribution in [-0.2, 0) is 14.3 Å². The van der Waals surface area contributed by atoms with Crippen LogP contribution in [0.25, 0.3) is 0 Å². The van der Waals surface area contributed by atoms with E-state index in [9.17, 15) is 4.79 Å². The predicted octanol–water partition coefficient (Wildman–Crippen LogP) is 2.50. The molecule has 0 spiro atoms. The first-order chi connectivity index (χ1) is 7.74. The van der Waals surface area contributed by atoms with Crippen molar-refractivity contribution in [3.8, 4) is 12.0 Å². The molecular weight excluding hydrogens is 204 g/mol. The molecular formula is C13H20O3. The fraction of sp³-hybridized carbons (Fsp3) is 0.769. The van der Waals surface area contributed by atoms with Gasteiger partial charge in [0, 0.05) is 12.8 Å². The zero-order valence-corrected chi connectivity index (χ0v) is 10.1. The molecule has 0 aromatic heterocycles. The molecule has 1 fully saturated rings. The van der Waals surface area contributed by atoms with Gasteiger partial charge in [0.15, 0.2) is 6.10 Å². The van der Waals surface area contributed by atoms with Gasteiger partial charge in [-0.2, -0.15) is 0 Å². The molecule has 0 amide bonds. The van der Waals surface area contributed by atoms with Gasteiger partial charge in [-0.15, -0.1) is 0 Å². The molecule has 1 unspecified atom stereocenters. The molecule has 0 heterocycles. The molecule has 0 radical (unpaired) electrons. The van der Waals surface area contributed by atoms with Crippen LogP contribution in [0.5, 0.6) is 0 Å². The van der Waals surface area contributed by atoms with E-state index in [-0.39, 0.29) is 12.1 Å². The van der Waals surface area contributed by atoms with Gasteiger partial charge in [0.05, 0.1) is 6.61 Å². The summed E-state index contributed by atoms with van der Waals surface area (Å²) in [6, 6.07) is 0. The second-order valence-corrected chi connectivity index (χ2v) is 4.11. The molecule has 3 nitrogen and oxygen atoms in total. The van der Waals surface area contributed by atoms with E-state index < -0.39 is 0 Å². The number of hydrogen-bond acceptors (Lipinski definition) is 3. The summed E-state index contributed by atoms with van der Waals surface area (Å²) in [6.07, 6.45) is 8.21. The highest BCUT2D eigenvalue weighted by molar-refractivity contribution is 5.66. The van der Waals surface area contributed by atoms with Crippen molar-refractivity contribution < 1.29 is 14.3 Å². The zero-order valence-electron chi connectivity index (χ0n) is 10.1. The maximum Gasteiger partial charge on any atom is 0.303 e. The molecule has 3 heteroatoms. The van der Waals surface area contributed by atoms with Crippen LogP contribution >= 0.6 is 0 Å². The lowest BCUT2D eigenvalue weighted by molar-refractivity contribution is -0.146. The molecule has 1 saturated carbocycles. The molecule has 1 atom stereocenters. The SMILES string of the molecule is CCOC#CC(OC(C)=O)C1CCCCC1. The van der Waals surface area contributed by atoms with Crippen molar-refractivity contribution in [2.45, 2.75) is 52.1 Å². The molecule has 16 heavy (non-hydrogen) atoms. The van der Waals surface area contributed by atoms with Crippen molar-refractivity contribution in [3.63, 3.8) is 0 Å². The van der Waals surface area contributed by atoms with Crippen molar-refractivity contribution >= 4 is 5.97 Å². The Morgan fingerprint density at radius 3 is 2.62 bits per heavy atom. The predicted molar refractivity (Wildman–Crippen MR) is 61.5 cm³/mol. The average molecular weight is 224 g/mol. The second-order valence-electron chi connectivity index (χ2n) is 4.11. The Balaban J connectivity index is 2.55. The topological polar surface area (TPSA) is 35.5 Å². The maximum atomic E-state index is 11.0. The monoisotopic (exact) mass is 224 g/mol. The highest BCUT2D eigenvalue weighted by Gasteiger charge is 2.24. The lowest BCUT2D eigenvalue weighted by Gasteiger charge is -2.25. The van der Waals surface area contributed by atoms with E-state index in [1.165, 1.54) is 26.2 Å². The molecule has 1 aliphatic carbocycles. The second kappa shape index (κ2) is 7.16. The van der Waals surface area contributed by atoms with Crippen molar-refractivity contribution in [2.75, 3.05) is 6.61 Å². The Bertz CT molecular complexity index is 269. The lowest BCUT2D eigenvalue weighted by atomic mass is 9.85. The van der Waals surface area contributed by atoms with E-state index in [0.29, 0.717) is 12.5 Å². The average Bonchev–Trinajstić information content (AvgIpc) is 2.29.